The molecule has 2 saturated heterocycles. The Morgan fingerprint density at radius 2 is 2.25 bits per heavy atom. The molecule has 0 saturated carbocycles. The molecule has 2 aliphatic heterocycles. The predicted octanol–water partition coefficient (Wildman–Crippen LogP) is 0.467. The average molecular weight is 225 g/mol. The molecule has 0 bridgehead atoms. The van der Waals surface area contributed by atoms with Gasteiger partial charge in [-0.3, -0.25) is 9.69 Å². The second kappa shape index (κ2) is 5.15. The van der Waals surface area contributed by atoms with Crippen molar-refractivity contribution in [1.29, 1.82) is 0 Å². The van der Waals surface area contributed by atoms with Crippen LogP contribution in [-0.2, 0) is 4.79 Å². The van der Waals surface area contributed by atoms with Crippen LogP contribution in [0.5, 0.6) is 0 Å². The van der Waals surface area contributed by atoms with Gasteiger partial charge in [0.1, 0.15) is 0 Å². The van der Waals surface area contributed by atoms with Crippen molar-refractivity contribution >= 4 is 5.91 Å². The molecule has 0 aliphatic carbocycles. The molecule has 0 aromatic heterocycles. The SMILES string of the molecule is CC[C@H](N)C(=O)NC1CCN2CCCCC12. The van der Waals surface area contributed by atoms with Crippen LogP contribution in [-0.4, -0.2) is 42.0 Å². The topological polar surface area (TPSA) is 58.4 Å². The van der Waals surface area contributed by atoms with Crippen molar-refractivity contribution in [1.82, 2.24) is 10.2 Å². The molecular weight excluding hydrogens is 202 g/mol. The zero-order chi connectivity index (χ0) is 11.5. The summed E-state index contributed by atoms with van der Waals surface area (Å²) in [6, 6.07) is 0.574. The minimum absolute atomic E-state index is 0.0277. The minimum atomic E-state index is -0.336. The first-order valence-corrected chi connectivity index (χ1v) is 6.52. The van der Waals surface area contributed by atoms with Crippen molar-refractivity contribution < 1.29 is 4.79 Å². The standard InChI is InChI=1S/C12H23N3O/c1-2-9(13)12(16)14-10-6-8-15-7-4-3-5-11(10)15/h9-11H,2-8,13H2,1H3,(H,14,16)/t9-,10?,11?/m0/s1. The van der Waals surface area contributed by atoms with E-state index in [0.29, 0.717) is 18.5 Å². The molecule has 3 N–H and O–H groups in total. The molecular formula is C12H23N3O. The van der Waals surface area contributed by atoms with Crippen molar-refractivity contribution in [2.75, 3.05) is 13.1 Å². The van der Waals surface area contributed by atoms with Crippen LogP contribution in [0.4, 0.5) is 0 Å². The van der Waals surface area contributed by atoms with E-state index < -0.39 is 0 Å². The van der Waals surface area contributed by atoms with Gasteiger partial charge in [0, 0.05) is 18.6 Å². The van der Waals surface area contributed by atoms with Crippen molar-refractivity contribution in [2.24, 2.45) is 5.73 Å². The zero-order valence-corrected chi connectivity index (χ0v) is 10.1. The maximum absolute atomic E-state index is 11.7. The summed E-state index contributed by atoms with van der Waals surface area (Å²) in [6.07, 6.45) is 5.64. The second-order valence-corrected chi connectivity index (χ2v) is 5.02. The highest BCUT2D eigenvalue weighted by atomic mass is 16.2. The Kier molecular flexibility index (Phi) is 3.82. The largest absolute Gasteiger partial charge is 0.350 e. The fraction of sp³-hybridized carbons (Fsp3) is 0.917. The predicted molar refractivity (Wildman–Crippen MR) is 64.0 cm³/mol. The van der Waals surface area contributed by atoms with Gasteiger partial charge in [-0.2, -0.15) is 0 Å². The summed E-state index contributed by atoms with van der Waals surface area (Å²) >= 11 is 0. The Bertz CT molecular complexity index is 257. The number of nitrogens with one attached hydrogen (secondary N) is 1. The van der Waals surface area contributed by atoms with Crippen molar-refractivity contribution in [3.8, 4) is 0 Å². The summed E-state index contributed by atoms with van der Waals surface area (Å²) in [5.41, 5.74) is 5.74. The molecule has 4 heteroatoms. The molecule has 2 rings (SSSR count). The lowest BCUT2D eigenvalue weighted by atomic mass is 9.99. The fourth-order valence-electron chi connectivity index (χ4n) is 2.89. The normalized spacial score (nSPS) is 32.1. The van der Waals surface area contributed by atoms with Gasteiger partial charge in [0.2, 0.25) is 5.91 Å². The summed E-state index contributed by atoms with van der Waals surface area (Å²) in [5.74, 6) is 0.0277. The maximum Gasteiger partial charge on any atom is 0.237 e. The first-order valence-electron chi connectivity index (χ1n) is 6.52. The Balaban J connectivity index is 1.88. The number of piperidine rings is 1. The first-order chi connectivity index (χ1) is 7.72. The molecule has 2 unspecified atom stereocenters. The van der Waals surface area contributed by atoms with Crippen LogP contribution in [0.15, 0.2) is 0 Å². The van der Waals surface area contributed by atoms with E-state index in [1.165, 1.54) is 25.8 Å². The van der Waals surface area contributed by atoms with E-state index in [1.807, 2.05) is 6.92 Å². The van der Waals surface area contributed by atoms with Gasteiger partial charge < -0.3 is 11.1 Å². The number of carbonyl (C=O) groups is 1. The lowest BCUT2D eigenvalue weighted by molar-refractivity contribution is -0.123. The van der Waals surface area contributed by atoms with E-state index in [0.717, 1.165) is 13.0 Å². The zero-order valence-electron chi connectivity index (χ0n) is 10.1. The molecule has 0 aromatic rings. The third-order valence-corrected chi connectivity index (χ3v) is 3.96. The first kappa shape index (κ1) is 11.9. The summed E-state index contributed by atoms with van der Waals surface area (Å²) < 4.78 is 0. The third-order valence-electron chi connectivity index (χ3n) is 3.96. The number of nitrogens with zero attached hydrogens (tertiary/aromatic N) is 1. The fourth-order valence-corrected chi connectivity index (χ4v) is 2.89. The van der Waals surface area contributed by atoms with Gasteiger partial charge >= 0.3 is 0 Å². The smallest absolute Gasteiger partial charge is 0.237 e. The Morgan fingerprint density at radius 3 is 3.00 bits per heavy atom. The molecule has 92 valence electrons. The molecule has 0 aromatic carbocycles. The van der Waals surface area contributed by atoms with Gasteiger partial charge in [-0.05, 0) is 32.2 Å². The molecule has 2 fully saturated rings. The van der Waals surface area contributed by atoms with Crippen LogP contribution in [0, 0.1) is 0 Å². The van der Waals surface area contributed by atoms with Crippen LogP contribution in [0.25, 0.3) is 0 Å². The Morgan fingerprint density at radius 1 is 1.44 bits per heavy atom. The highest BCUT2D eigenvalue weighted by Crippen LogP contribution is 2.27. The minimum Gasteiger partial charge on any atom is -0.350 e. The molecule has 0 radical (unpaired) electrons. The van der Waals surface area contributed by atoms with Crippen LogP contribution in [0.3, 0.4) is 0 Å². The van der Waals surface area contributed by atoms with E-state index in [4.69, 9.17) is 5.73 Å². The number of hydrogen-bond acceptors (Lipinski definition) is 3. The van der Waals surface area contributed by atoms with E-state index >= 15 is 0 Å². The molecule has 2 heterocycles. The van der Waals surface area contributed by atoms with Gasteiger partial charge in [-0.25, -0.2) is 0 Å². The quantitative estimate of drug-likeness (QED) is 0.734. The van der Waals surface area contributed by atoms with Gasteiger partial charge in [0.15, 0.2) is 0 Å². The second-order valence-electron chi connectivity index (χ2n) is 5.02. The molecule has 4 nitrogen and oxygen atoms in total. The number of fused-ring (bicyclic) bond motifs is 1. The lowest BCUT2D eigenvalue weighted by Crippen LogP contribution is -2.51. The van der Waals surface area contributed by atoms with Crippen LogP contribution in [0.1, 0.15) is 39.0 Å². The van der Waals surface area contributed by atoms with Gasteiger partial charge in [-0.15, -0.1) is 0 Å². The number of hydrogen-bond donors (Lipinski definition) is 2. The van der Waals surface area contributed by atoms with Crippen LogP contribution >= 0.6 is 0 Å². The van der Waals surface area contributed by atoms with E-state index in [-0.39, 0.29) is 11.9 Å². The number of rotatable bonds is 3. The van der Waals surface area contributed by atoms with Crippen molar-refractivity contribution in [3.63, 3.8) is 0 Å². The van der Waals surface area contributed by atoms with Gasteiger partial charge in [0.05, 0.1) is 6.04 Å². The summed E-state index contributed by atoms with van der Waals surface area (Å²) in [4.78, 5) is 14.3. The van der Waals surface area contributed by atoms with Crippen LogP contribution in [0.2, 0.25) is 0 Å². The summed E-state index contributed by atoms with van der Waals surface area (Å²) in [5, 5.41) is 3.12. The van der Waals surface area contributed by atoms with E-state index in [1.54, 1.807) is 0 Å². The summed E-state index contributed by atoms with van der Waals surface area (Å²) in [7, 11) is 0. The molecule has 16 heavy (non-hydrogen) atoms. The van der Waals surface area contributed by atoms with E-state index in [9.17, 15) is 4.79 Å². The Labute approximate surface area is 97.6 Å². The average Bonchev–Trinajstić information content (AvgIpc) is 2.72. The maximum atomic E-state index is 11.7. The van der Waals surface area contributed by atoms with Crippen LogP contribution < -0.4 is 11.1 Å². The van der Waals surface area contributed by atoms with Gasteiger partial charge in [0.25, 0.3) is 0 Å². The highest BCUT2D eigenvalue weighted by molar-refractivity contribution is 5.81. The van der Waals surface area contributed by atoms with Gasteiger partial charge in [-0.1, -0.05) is 13.3 Å². The number of amides is 1. The molecule has 0 spiro atoms. The van der Waals surface area contributed by atoms with Crippen molar-refractivity contribution in [2.45, 2.75) is 57.2 Å². The monoisotopic (exact) mass is 225 g/mol. The number of carbonyl (C=O) groups excluding carboxylic acids is 1. The summed E-state index contributed by atoms with van der Waals surface area (Å²) in [6.45, 7) is 4.29. The molecule has 3 atom stereocenters. The molecule has 1 amide bonds. The Hall–Kier alpha value is -0.610. The lowest BCUT2D eigenvalue weighted by Gasteiger charge is -2.32. The molecule has 2 aliphatic rings. The third kappa shape index (κ3) is 2.38. The highest BCUT2D eigenvalue weighted by Gasteiger charge is 2.36. The van der Waals surface area contributed by atoms with E-state index in [2.05, 4.69) is 10.2 Å². The number of nitrogens with two attached hydrogens (primary N) is 1. The van der Waals surface area contributed by atoms with Crippen molar-refractivity contribution in [3.05, 3.63) is 0 Å².